The van der Waals surface area contributed by atoms with E-state index < -0.39 is 11.8 Å². The maximum Gasteiger partial charge on any atom is 0.271 e. The van der Waals surface area contributed by atoms with Crippen LogP contribution in [-0.2, 0) is 4.79 Å². The second-order valence-electron chi connectivity index (χ2n) is 5.11. The summed E-state index contributed by atoms with van der Waals surface area (Å²) in [5.41, 5.74) is 5.27. The molecule has 2 amide bonds. The minimum absolute atomic E-state index is 0.0850. The number of amides is 2. The number of hydrogen-bond donors (Lipinski definition) is 3. The number of carbonyl (C=O) groups excluding carboxylic acids is 2. The summed E-state index contributed by atoms with van der Waals surface area (Å²) in [5, 5.41) is 3.17. The van der Waals surface area contributed by atoms with Crippen LogP contribution in [0.5, 0.6) is 0 Å². The van der Waals surface area contributed by atoms with E-state index in [4.69, 9.17) is 11.6 Å². The molecule has 0 heterocycles. The van der Waals surface area contributed by atoms with Crippen LogP contribution in [0, 0.1) is 5.82 Å². The Morgan fingerprint density at radius 3 is 2.46 bits per heavy atom. The van der Waals surface area contributed by atoms with Crippen LogP contribution in [0.15, 0.2) is 48.5 Å². The highest BCUT2D eigenvalue weighted by atomic mass is 35.5. The van der Waals surface area contributed by atoms with E-state index in [1.807, 2.05) is 0 Å². The standard InChI is InChI=1S/C17H17ClFN3O2/c1-11(12-6-3-5-9-15(12)19)20-10-16(23)21-22-17(24)13-7-2-4-8-14(13)18/h2-9,11,20H,10H2,1H3,(H,21,23)(H,22,24). The number of rotatable bonds is 5. The third-order valence-corrected chi connectivity index (χ3v) is 3.70. The van der Waals surface area contributed by atoms with Gasteiger partial charge in [-0.1, -0.05) is 41.9 Å². The van der Waals surface area contributed by atoms with Gasteiger partial charge >= 0.3 is 0 Å². The molecule has 3 N–H and O–H groups in total. The second-order valence-corrected chi connectivity index (χ2v) is 5.51. The van der Waals surface area contributed by atoms with Crippen LogP contribution in [0.25, 0.3) is 0 Å². The SMILES string of the molecule is CC(NCC(=O)NNC(=O)c1ccccc1Cl)c1ccccc1F. The molecule has 5 nitrogen and oxygen atoms in total. The molecule has 0 fully saturated rings. The molecule has 1 unspecified atom stereocenters. The molecule has 0 bridgehead atoms. The van der Waals surface area contributed by atoms with Crippen molar-refractivity contribution in [1.29, 1.82) is 0 Å². The van der Waals surface area contributed by atoms with E-state index in [2.05, 4.69) is 16.2 Å². The lowest BCUT2D eigenvalue weighted by Crippen LogP contribution is -2.45. The first-order valence-electron chi connectivity index (χ1n) is 7.30. The largest absolute Gasteiger partial charge is 0.302 e. The molecule has 24 heavy (non-hydrogen) atoms. The molecule has 2 aromatic rings. The van der Waals surface area contributed by atoms with Crippen LogP contribution >= 0.6 is 11.6 Å². The summed E-state index contributed by atoms with van der Waals surface area (Å²) in [6, 6.07) is 12.5. The van der Waals surface area contributed by atoms with Crippen LogP contribution in [0.4, 0.5) is 4.39 Å². The van der Waals surface area contributed by atoms with Crippen molar-refractivity contribution >= 4 is 23.4 Å². The monoisotopic (exact) mass is 349 g/mol. The highest BCUT2D eigenvalue weighted by molar-refractivity contribution is 6.33. The number of halogens is 2. The average molecular weight is 350 g/mol. The zero-order chi connectivity index (χ0) is 17.5. The molecule has 1 atom stereocenters. The summed E-state index contributed by atoms with van der Waals surface area (Å²) in [5.74, 6) is -1.32. The van der Waals surface area contributed by atoms with Crippen molar-refractivity contribution in [3.8, 4) is 0 Å². The number of nitrogens with one attached hydrogen (secondary N) is 3. The zero-order valence-electron chi connectivity index (χ0n) is 13.0. The predicted octanol–water partition coefficient (Wildman–Crippen LogP) is 2.59. The molecule has 0 radical (unpaired) electrons. The summed E-state index contributed by atoms with van der Waals surface area (Å²) in [7, 11) is 0. The lowest BCUT2D eigenvalue weighted by molar-refractivity contribution is -0.121. The third kappa shape index (κ3) is 4.78. The number of benzene rings is 2. The van der Waals surface area contributed by atoms with E-state index >= 15 is 0 Å². The van der Waals surface area contributed by atoms with Gasteiger partial charge in [0.1, 0.15) is 5.82 Å². The van der Waals surface area contributed by atoms with Gasteiger partial charge in [0, 0.05) is 11.6 Å². The summed E-state index contributed by atoms with van der Waals surface area (Å²) < 4.78 is 13.6. The van der Waals surface area contributed by atoms with Gasteiger partial charge in [0.15, 0.2) is 0 Å². The van der Waals surface area contributed by atoms with Crippen molar-refractivity contribution in [1.82, 2.24) is 16.2 Å². The maximum absolute atomic E-state index is 13.6. The van der Waals surface area contributed by atoms with Gasteiger partial charge in [-0.3, -0.25) is 20.4 Å². The van der Waals surface area contributed by atoms with E-state index in [-0.39, 0.29) is 29.0 Å². The van der Waals surface area contributed by atoms with Crippen molar-refractivity contribution in [2.45, 2.75) is 13.0 Å². The van der Waals surface area contributed by atoms with Crippen molar-refractivity contribution in [3.63, 3.8) is 0 Å². The minimum Gasteiger partial charge on any atom is -0.302 e. The molecule has 0 saturated heterocycles. The molecule has 0 aromatic heterocycles. The predicted molar refractivity (Wildman–Crippen MR) is 89.9 cm³/mol. The van der Waals surface area contributed by atoms with Crippen LogP contribution in [0.2, 0.25) is 5.02 Å². The van der Waals surface area contributed by atoms with Crippen LogP contribution < -0.4 is 16.2 Å². The topological polar surface area (TPSA) is 70.2 Å². The molecule has 0 spiro atoms. The molecule has 2 rings (SSSR count). The Labute approximate surface area is 144 Å². The van der Waals surface area contributed by atoms with Gasteiger partial charge in [-0.25, -0.2) is 4.39 Å². The van der Waals surface area contributed by atoms with Gasteiger partial charge in [0.2, 0.25) is 0 Å². The summed E-state index contributed by atoms with van der Waals surface area (Å²) in [6.45, 7) is 1.66. The van der Waals surface area contributed by atoms with Gasteiger partial charge < -0.3 is 5.32 Å². The smallest absolute Gasteiger partial charge is 0.271 e. The van der Waals surface area contributed by atoms with Crippen molar-refractivity contribution in [2.75, 3.05) is 6.54 Å². The zero-order valence-corrected chi connectivity index (χ0v) is 13.7. The highest BCUT2D eigenvalue weighted by Crippen LogP contribution is 2.15. The molecule has 0 aliphatic carbocycles. The average Bonchev–Trinajstić information content (AvgIpc) is 2.58. The molecule has 126 valence electrons. The highest BCUT2D eigenvalue weighted by Gasteiger charge is 2.13. The van der Waals surface area contributed by atoms with Crippen molar-refractivity contribution in [2.24, 2.45) is 0 Å². The van der Waals surface area contributed by atoms with Crippen LogP contribution in [0.3, 0.4) is 0 Å². The Kier molecular flexibility index (Phi) is 6.28. The summed E-state index contributed by atoms with van der Waals surface area (Å²) >= 11 is 5.90. The Hall–Kier alpha value is -2.44. The van der Waals surface area contributed by atoms with Gasteiger partial charge in [-0.2, -0.15) is 0 Å². The molecular weight excluding hydrogens is 333 g/mol. The molecule has 0 saturated carbocycles. The molecule has 0 aliphatic rings. The van der Waals surface area contributed by atoms with Crippen LogP contribution in [-0.4, -0.2) is 18.4 Å². The number of hydrogen-bond acceptors (Lipinski definition) is 3. The quantitative estimate of drug-likeness (QED) is 0.727. The maximum atomic E-state index is 13.6. The fourth-order valence-corrected chi connectivity index (χ4v) is 2.29. The van der Waals surface area contributed by atoms with Gasteiger partial charge in [-0.05, 0) is 25.1 Å². The minimum atomic E-state index is -0.517. The van der Waals surface area contributed by atoms with Crippen molar-refractivity contribution in [3.05, 3.63) is 70.5 Å². The fraction of sp³-hybridized carbons (Fsp3) is 0.176. The van der Waals surface area contributed by atoms with Gasteiger partial charge in [-0.15, -0.1) is 0 Å². The lowest BCUT2D eigenvalue weighted by atomic mass is 10.1. The summed E-state index contributed by atoms with van der Waals surface area (Å²) in [4.78, 5) is 23.7. The van der Waals surface area contributed by atoms with Crippen LogP contribution in [0.1, 0.15) is 28.9 Å². The lowest BCUT2D eigenvalue weighted by Gasteiger charge is -2.15. The van der Waals surface area contributed by atoms with E-state index in [1.165, 1.54) is 6.07 Å². The Bertz CT molecular complexity index is 739. The first-order valence-corrected chi connectivity index (χ1v) is 7.68. The first-order chi connectivity index (χ1) is 11.5. The Morgan fingerprint density at radius 1 is 1.08 bits per heavy atom. The van der Waals surface area contributed by atoms with E-state index in [0.717, 1.165) is 0 Å². The third-order valence-electron chi connectivity index (χ3n) is 3.37. The fourth-order valence-electron chi connectivity index (χ4n) is 2.07. The summed E-state index contributed by atoms with van der Waals surface area (Å²) in [6.07, 6.45) is 0. The first kappa shape index (κ1) is 17.9. The normalized spacial score (nSPS) is 11.6. The Balaban J connectivity index is 1.81. The van der Waals surface area contributed by atoms with Gasteiger partial charge in [0.25, 0.3) is 11.8 Å². The number of carbonyl (C=O) groups is 2. The number of hydrazine groups is 1. The molecular formula is C17H17ClFN3O2. The Morgan fingerprint density at radius 2 is 1.75 bits per heavy atom. The molecule has 0 aliphatic heterocycles. The van der Waals surface area contributed by atoms with E-state index in [1.54, 1.807) is 49.4 Å². The second kappa shape index (κ2) is 8.42. The molecule has 7 heteroatoms. The van der Waals surface area contributed by atoms with Gasteiger partial charge in [0.05, 0.1) is 17.1 Å². The van der Waals surface area contributed by atoms with E-state index in [0.29, 0.717) is 5.56 Å². The van der Waals surface area contributed by atoms with E-state index in [9.17, 15) is 14.0 Å². The molecule has 2 aromatic carbocycles. The van der Waals surface area contributed by atoms with Crippen molar-refractivity contribution < 1.29 is 14.0 Å².